The highest BCUT2D eigenvalue weighted by atomic mass is 17.2. The Hall–Kier alpha value is -4.43. The van der Waals surface area contributed by atoms with Crippen LogP contribution in [0.5, 0.6) is 0 Å². The average Bonchev–Trinajstić information content (AvgIpc) is 3.33. The molecule has 0 aliphatic rings. The van der Waals surface area contributed by atoms with Crippen LogP contribution < -0.4 is 10.6 Å². The topological polar surface area (TPSA) is 110 Å². The Morgan fingerprint density at radius 1 is 0.818 bits per heavy atom. The van der Waals surface area contributed by atoms with Crippen molar-refractivity contribution < 1.29 is 24.2 Å². The maximum atomic E-state index is 12.5. The Labute approximate surface area is 189 Å². The van der Waals surface area contributed by atoms with E-state index in [1.165, 1.54) is 0 Å². The van der Waals surface area contributed by atoms with Gasteiger partial charge < -0.3 is 15.6 Å². The summed E-state index contributed by atoms with van der Waals surface area (Å²) in [7, 11) is 0. The number of benzene rings is 3. The number of rotatable bonds is 8. The molecule has 0 unspecified atom stereocenters. The molecule has 1 heterocycles. The summed E-state index contributed by atoms with van der Waals surface area (Å²) in [5.74, 6) is -1.42. The maximum Gasteiger partial charge on any atom is 0.373 e. The summed E-state index contributed by atoms with van der Waals surface area (Å²) < 4.78 is 0. The van der Waals surface area contributed by atoms with E-state index in [2.05, 4.69) is 20.5 Å². The van der Waals surface area contributed by atoms with E-state index < -0.39 is 18.5 Å². The van der Waals surface area contributed by atoms with E-state index in [0.717, 1.165) is 16.5 Å². The van der Waals surface area contributed by atoms with E-state index >= 15 is 0 Å². The Morgan fingerprint density at radius 3 is 2.39 bits per heavy atom. The van der Waals surface area contributed by atoms with Gasteiger partial charge in [-0.25, -0.2) is 4.79 Å². The van der Waals surface area contributed by atoms with Crippen LogP contribution in [0.25, 0.3) is 10.9 Å². The van der Waals surface area contributed by atoms with Crippen LogP contribution >= 0.6 is 0 Å². The Bertz CT molecular complexity index is 1270. The van der Waals surface area contributed by atoms with Crippen LogP contribution in [0.15, 0.2) is 85.1 Å². The van der Waals surface area contributed by atoms with E-state index in [9.17, 15) is 14.4 Å². The molecule has 0 radical (unpaired) electrons. The number of anilines is 1. The lowest BCUT2D eigenvalue weighted by Crippen LogP contribution is -2.23. The summed E-state index contributed by atoms with van der Waals surface area (Å²) in [5.41, 5.74) is 3.28. The molecule has 4 aromatic rings. The highest BCUT2D eigenvalue weighted by Crippen LogP contribution is 2.17. The van der Waals surface area contributed by atoms with Gasteiger partial charge in [0.1, 0.15) is 0 Å². The summed E-state index contributed by atoms with van der Waals surface area (Å²) >= 11 is 0. The van der Waals surface area contributed by atoms with Gasteiger partial charge in [0.05, 0.1) is 5.56 Å². The zero-order valence-electron chi connectivity index (χ0n) is 17.5. The molecule has 0 bridgehead atoms. The first-order valence-corrected chi connectivity index (χ1v) is 10.2. The number of carbonyl (C=O) groups excluding carboxylic acids is 3. The van der Waals surface area contributed by atoms with Crippen molar-refractivity contribution in [1.82, 2.24) is 10.3 Å². The standard InChI is InChI=1S/C25H21N3O5/c29-23(16-32-33-25(31)18-5-2-1-3-6-18)28-20-11-9-17(10-12-20)24(30)27-15-19-7-4-8-22-21(19)13-14-26-22/h1-14,26H,15-16H2,(H,27,30)(H,28,29). The van der Waals surface area contributed by atoms with Crippen molar-refractivity contribution in [2.24, 2.45) is 0 Å². The summed E-state index contributed by atoms with van der Waals surface area (Å²) in [6.07, 6.45) is 1.86. The number of H-pyrrole nitrogens is 1. The lowest BCUT2D eigenvalue weighted by Gasteiger charge is -2.09. The lowest BCUT2D eigenvalue weighted by molar-refractivity contribution is -0.236. The molecular weight excluding hydrogens is 422 g/mol. The summed E-state index contributed by atoms with van der Waals surface area (Å²) in [6.45, 7) is -0.0724. The number of carbonyl (C=O) groups is 3. The minimum atomic E-state index is -0.688. The number of amides is 2. The van der Waals surface area contributed by atoms with Gasteiger partial charge in [0.2, 0.25) is 0 Å². The van der Waals surface area contributed by atoms with Crippen LogP contribution in [0.3, 0.4) is 0 Å². The second-order valence-electron chi connectivity index (χ2n) is 7.16. The van der Waals surface area contributed by atoms with Crippen LogP contribution in [0.4, 0.5) is 5.69 Å². The normalized spacial score (nSPS) is 10.5. The van der Waals surface area contributed by atoms with Crippen molar-refractivity contribution in [3.63, 3.8) is 0 Å². The predicted octanol–water partition coefficient (Wildman–Crippen LogP) is 3.83. The third-order valence-electron chi connectivity index (χ3n) is 4.89. The van der Waals surface area contributed by atoms with Gasteiger partial charge >= 0.3 is 5.97 Å². The van der Waals surface area contributed by atoms with Gasteiger partial charge in [-0.3, -0.25) is 14.5 Å². The molecule has 3 N–H and O–H groups in total. The number of fused-ring (bicyclic) bond motifs is 1. The Kier molecular flexibility index (Phi) is 6.77. The number of nitrogens with one attached hydrogen (secondary N) is 3. The molecule has 3 aromatic carbocycles. The minimum Gasteiger partial charge on any atom is -0.361 e. The molecule has 0 aliphatic carbocycles. The van der Waals surface area contributed by atoms with Crippen molar-refractivity contribution in [3.05, 3.63) is 102 Å². The first-order valence-electron chi connectivity index (χ1n) is 10.2. The van der Waals surface area contributed by atoms with Crippen LogP contribution in [-0.2, 0) is 21.1 Å². The highest BCUT2D eigenvalue weighted by molar-refractivity contribution is 5.96. The van der Waals surface area contributed by atoms with Crippen molar-refractivity contribution in [3.8, 4) is 0 Å². The molecule has 0 spiro atoms. The quantitative estimate of drug-likeness (QED) is 0.283. The number of hydrogen-bond acceptors (Lipinski definition) is 5. The summed E-state index contributed by atoms with van der Waals surface area (Å²) in [5, 5.41) is 6.57. The molecular formula is C25H21N3O5. The number of aromatic amines is 1. The molecule has 166 valence electrons. The first-order chi connectivity index (χ1) is 16.1. The zero-order chi connectivity index (χ0) is 23.0. The molecule has 2 amide bonds. The first kappa shape index (κ1) is 21.8. The van der Waals surface area contributed by atoms with Gasteiger partial charge in [-0.1, -0.05) is 30.3 Å². The van der Waals surface area contributed by atoms with Crippen LogP contribution in [-0.4, -0.2) is 29.4 Å². The fourth-order valence-corrected chi connectivity index (χ4v) is 3.24. The van der Waals surface area contributed by atoms with E-state index in [-0.39, 0.29) is 5.91 Å². The minimum absolute atomic E-state index is 0.225. The van der Waals surface area contributed by atoms with E-state index in [1.807, 2.05) is 30.5 Å². The molecule has 8 nitrogen and oxygen atoms in total. The fourth-order valence-electron chi connectivity index (χ4n) is 3.24. The number of aromatic nitrogens is 1. The molecule has 0 saturated carbocycles. The second kappa shape index (κ2) is 10.3. The van der Waals surface area contributed by atoms with Gasteiger partial charge in [0.15, 0.2) is 6.61 Å². The molecule has 33 heavy (non-hydrogen) atoms. The Balaban J connectivity index is 1.23. The smallest absolute Gasteiger partial charge is 0.361 e. The SMILES string of the molecule is O=C(COOC(=O)c1ccccc1)Nc1ccc(C(=O)NCc2cccc3[nH]ccc23)cc1. The van der Waals surface area contributed by atoms with Gasteiger partial charge in [0.25, 0.3) is 11.8 Å². The molecule has 0 saturated heterocycles. The molecule has 8 heteroatoms. The third kappa shape index (κ3) is 5.63. The highest BCUT2D eigenvalue weighted by Gasteiger charge is 2.11. The average molecular weight is 443 g/mol. The van der Waals surface area contributed by atoms with Crippen LogP contribution in [0.2, 0.25) is 0 Å². The van der Waals surface area contributed by atoms with Crippen molar-refractivity contribution in [2.45, 2.75) is 6.54 Å². The van der Waals surface area contributed by atoms with E-state index in [0.29, 0.717) is 23.4 Å². The van der Waals surface area contributed by atoms with Gasteiger partial charge in [0, 0.05) is 34.9 Å². The molecule has 0 fully saturated rings. The molecule has 1 aromatic heterocycles. The second-order valence-corrected chi connectivity index (χ2v) is 7.16. The van der Waals surface area contributed by atoms with Crippen molar-refractivity contribution >= 4 is 34.4 Å². The maximum absolute atomic E-state index is 12.5. The van der Waals surface area contributed by atoms with E-state index in [4.69, 9.17) is 4.89 Å². The monoisotopic (exact) mass is 443 g/mol. The van der Waals surface area contributed by atoms with E-state index in [1.54, 1.807) is 54.6 Å². The molecule has 0 atom stereocenters. The third-order valence-corrected chi connectivity index (χ3v) is 4.89. The Morgan fingerprint density at radius 2 is 1.61 bits per heavy atom. The van der Waals surface area contributed by atoms with Gasteiger partial charge in [-0.15, -0.1) is 0 Å². The molecule has 4 rings (SSSR count). The van der Waals surface area contributed by atoms with Crippen molar-refractivity contribution in [1.29, 1.82) is 0 Å². The van der Waals surface area contributed by atoms with Crippen molar-refractivity contribution in [2.75, 3.05) is 11.9 Å². The summed E-state index contributed by atoms with van der Waals surface area (Å²) in [6, 6.07) is 22.6. The fraction of sp³-hybridized carbons (Fsp3) is 0.0800. The van der Waals surface area contributed by atoms with Gasteiger partial charge in [-0.05, 0) is 54.1 Å². The van der Waals surface area contributed by atoms with Crippen LogP contribution in [0.1, 0.15) is 26.3 Å². The predicted molar refractivity (Wildman–Crippen MR) is 122 cm³/mol. The van der Waals surface area contributed by atoms with Gasteiger partial charge in [-0.2, -0.15) is 4.89 Å². The lowest BCUT2D eigenvalue weighted by atomic mass is 10.1. The number of hydrogen-bond donors (Lipinski definition) is 3. The molecule has 0 aliphatic heterocycles. The zero-order valence-corrected chi connectivity index (χ0v) is 17.5. The van der Waals surface area contributed by atoms with Crippen LogP contribution in [0, 0.1) is 0 Å². The summed E-state index contributed by atoms with van der Waals surface area (Å²) in [4.78, 5) is 48.7. The largest absolute Gasteiger partial charge is 0.373 e.